The maximum absolute atomic E-state index is 12.6. The first-order valence-electron chi connectivity index (χ1n) is 10.2. The summed E-state index contributed by atoms with van der Waals surface area (Å²) in [4.78, 5) is 29.2. The number of aryl methyl sites for hydroxylation is 2. The summed E-state index contributed by atoms with van der Waals surface area (Å²) in [6.45, 7) is 6.65. The second-order valence-electron chi connectivity index (χ2n) is 7.53. The molecule has 3 aromatic heterocycles. The molecule has 0 saturated heterocycles. The number of amides is 2. The highest BCUT2D eigenvalue weighted by Gasteiger charge is 2.15. The van der Waals surface area contributed by atoms with E-state index in [9.17, 15) is 9.59 Å². The smallest absolute Gasteiger partial charge is 0.291 e. The number of hydrogen-bond acceptors (Lipinski definition) is 5. The Morgan fingerprint density at radius 3 is 2.56 bits per heavy atom. The van der Waals surface area contributed by atoms with Gasteiger partial charge in [0, 0.05) is 34.6 Å². The van der Waals surface area contributed by atoms with Gasteiger partial charge in [0.15, 0.2) is 5.76 Å². The van der Waals surface area contributed by atoms with E-state index in [1.807, 2.05) is 42.9 Å². The lowest BCUT2D eigenvalue weighted by Crippen LogP contribution is -2.27. The molecule has 2 amide bonds. The number of anilines is 1. The third kappa shape index (κ3) is 4.81. The van der Waals surface area contributed by atoms with Crippen molar-refractivity contribution in [3.05, 3.63) is 81.8 Å². The summed E-state index contributed by atoms with van der Waals surface area (Å²) in [6.07, 6.45) is 1.46. The molecule has 4 aromatic rings. The maximum atomic E-state index is 12.6. The Morgan fingerprint density at radius 1 is 1.12 bits per heavy atom. The highest BCUT2D eigenvalue weighted by atomic mass is 32.1. The van der Waals surface area contributed by atoms with Gasteiger partial charge in [0.05, 0.1) is 17.0 Å². The monoisotopic (exact) mass is 448 g/mol. The molecule has 7 nitrogen and oxygen atoms in total. The first-order valence-corrected chi connectivity index (χ1v) is 11.1. The zero-order valence-electron chi connectivity index (χ0n) is 18.1. The van der Waals surface area contributed by atoms with Crippen molar-refractivity contribution in [3.8, 4) is 11.3 Å². The standard InChI is InChI=1S/C24H24N4O3S/c1-15-11-20(21-14-32-17(3)26-21)16(2)28(15)13-23(29)25-12-18-6-8-19(9-7-18)27-24(30)22-5-4-10-31-22/h4-11,14H,12-13H2,1-3H3,(H,25,29)(H,27,30). The van der Waals surface area contributed by atoms with Crippen LogP contribution in [0.25, 0.3) is 11.3 Å². The zero-order valence-corrected chi connectivity index (χ0v) is 19.0. The van der Waals surface area contributed by atoms with Crippen molar-refractivity contribution < 1.29 is 14.0 Å². The molecule has 0 aliphatic rings. The van der Waals surface area contributed by atoms with E-state index in [1.54, 1.807) is 35.6 Å². The van der Waals surface area contributed by atoms with E-state index >= 15 is 0 Å². The molecule has 164 valence electrons. The first kappa shape index (κ1) is 21.6. The Bertz CT molecular complexity index is 1240. The van der Waals surface area contributed by atoms with Gasteiger partial charge in [-0.1, -0.05) is 12.1 Å². The minimum absolute atomic E-state index is 0.0667. The van der Waals surface area contributed by atoms with Gasteiger partial charge in [-0.05, 0) is 56.7 Å². The fourth-order valence-electron chi connectivity index (χ4n) is 3.50. The van der Waals surface area contributed by atoms with Gasteiger partial charge in [0.25, 0.3) is 5.91 Å². The van der Waals surface area contributed by atoms with Gasteiger partial charge in [0.2, 0.25) is 5.91 Å². The van der Waals surface area contributed by atoms with E-state index in [2.05, 4.69) is 21.7 Å². The maximum Gasteiger partial charge on any atom is 0.291 e. The van der Waals surface area contributed by atoms with Crippen molar-refractivity contribution in [1.29, 1.82) is 0 Å². The third-order valence-electron chi connectivity index (χ3n) is 5.22. The Labute approximate surface area is 190 Å². The number of rotatable bonds is 7. The van der Waals surface area contributed by atoms with Gasteiger partial charge in [-0.15, -0.1) is 11.3 Å². The van der Waals surface area contributed by atoms with E-state index in [0.29, 0.717) is 12.2 Å². The third-order valence-corrected chi connectivity index (χ3v) is 5.99. The van der Waals surface area contributed by atoms with E-state index in [-0.39, 0.29) is 24.1 Å². The number of thiazole rings is 1. The van der Waals surface area contributed by atoms with Crippen LogP contribution in [0.4, 0.5) is 5.69 Å². The number of carbonyl (C=O) groups is 2. The number of hydrogen-bond donors (Lipinski definition) is 2. The number of nitrogens with zero attached hydrogens (tertiary/aromatic N) is 2. The average Bonchev–Trinajstić information content (AvgIpc) is 3.51. The Balaban J connectivity index is 1.33. The lowest BCUT2D eigenvalue weighted by Gasteiger charge is -2.11. The molecule has 1 aromatic carbocycles. The van der Waals surface area contributed by atoms with E-state index in [4.69, 9.17) is 4.42 Å². The number of aromatic nitrogens is 2. The van der Waals surface area contributed by atoms with Crippen LogP contribution in [0.2, 0.25) is 0 Å². The van der Waals surface area contributed by atoms with Gasteiger partial charge < -0.3 is 19.6 Å². The van der Waals surface area contributed by atoms with E-state index in [1.165, 1.54) is 6.26 Å². The molecule has 0 saturated carbocycles. The molecule has 4 rings (SSSR count). The summed E-state index contributed by atoms with van der Waals surface area (Å²) >= 11 is 1.62. The molecule has 0 fully saturated rings. The van der Waals surface area contributed by atoms with Crippen LogP contribution in [-0.2, 0) is 17.9 Å². The van der Waals surface area contributed by atoms with Crippen molar-refractivity contribution in [3.63, 3.8) is 0 Å². The lowest BCUT2D eigenvalue weighted by molar-refractivity contribution is -0.121. The van der Waals surface area contributed by atoms with Crippen molar-refractivity contribution in [1.82, 2.24) is 14.9 Å². The van der Waals surface area contributed by atoms with Crippen LogP contribution in [0.1, 0.15) is 32.5 Å². The highest BCUT2D eigenvalue weighted by molar-refractivity contribution is 7.09. The quantitative estimate of drug-likeness (QED) is 0.429. The van der Waals surface area contributed by atoms with Crippen LogP contribution in [-0.4, -0.2) is 21.4 Å². The van der Waals surface area contributed by atoms with Gasteiger partial charge in [-0.2, -0.15) is 0 Å². The van der Waals surface area contributed by atoms with Crippen molar-refractivity contribution in [2.24, 2.45) is 0 Å². The van der Waals surface area contributed by atoms with Crippen LogP contribution < -0.4 is 10.6 Å². The minimum Gasteiger partial charge on any atom is -0.459 e. The van der Waals surface area contributed by atoms with Crippen LogP contribution >= 0.6 is 11.3 Å². The molecular formula is C24H24N4O3S. The van der Waals surface area contributed by atoms with Crippen molar-refractivity contribution in [2.75, 3.05) is 5.32 Å². The summed E-state index contributed by atoms with van der Waals surface area (Å²) in [5.74, 6) is -0.117. The van der Waals surface area contributed by atoms with Crippen LogP contribution in [0, 0.1) is 20.8 Å². The summed E-state index contributed by atoms with van der Waals surface area (Å²) in [5.41, 5.74) is 5.66. The Kier molecular flexibility index (Phi) is 6.23. The van der Waals surface area contributed by atoms with Crippen molar-refractivity contribution in [2.45, 2.75) is 33.9 Å². The van der Waals surface area contributed by atoms with Crippen LogP contribution in [0.3, 0.4) is 0 Å². The van der Waals surface area contributed by atoms with Crippen LogP contribution in [0.5, 0.6) is 0 Å². The highest BCUT2D eigenvalue weighted by Crippen LogP contribution is 2.27. The Hall–Kier alpha value is -3.65. The van der Waals surface area contributed by atoms with Gasteiger partial charge in [-0.3, -0.25) is 9.59 Å². The fourth-order valence-corrected chi connectivity index (χ4v) is 4.11. The lowest BCUT2D eigenvalue weighted by atomic mass is 10.2. The van der Waals surface area contributed by atoms with Gasteiger partial charge >= 0.3 is 0 Å². The normalized spacial score (nSPS) is 10.8. The summed E-state index contributed by atoms with van der Waals surface area (Å²) in [5, 5.41) is 8.80. The second-order valence-corrected chi connectivity index (χ2v) is 8.59. The topological polar surface area (TPSA) is 89.2 Å². The van der Waals surface area contributed by atoms with E-state index in [0.717, 1.165) is 33.2 Å². The fraction of sp³-hybridized carbons (Fsp3) is 0.208. The molecule has 0 atom stereocenters. The van der Waals surface area contributed by atoms with Crippen molar-refractivity contribution >= 4 is 28.8 Å². The van der Waals surface area contributed by atoms with Gasteiger partial charge in [-0.25, -0.2) is 4.98 Å². The second kappa shape index (κ2) is 9.23. The Morgan fingerprint density at radius 2 is 1.91 bits per heavy atom. The molecule has 0 unspecified atom stereocenters. The predicted molar refractivity (Wildman–Crippen MR) is 125 cm³/mol. The molecule has 0 spiro atoms. The molecule has 8 heteroatoms. The SMILES string of the molecule is Cc1nc(-c2cc(C)n(CC(=O)NCc3ccc(NC(=O)c4ccco4)cc3)c2C)cs1. The number of benzene rings is 1. The van der Waals surface area contributed by atoms with Gasteiger partial charge in [0.1, 0.15) is 6.54 Å². The molecule has 2 N–H and O–H groups in total. The molecule has 0 radical (unpaired) electrons. The molecular weight excluding hydrogens is 424 g/mol. The number of furan rings is 1. The predicted octanol–water partition coefficient (Wildman–Crippen LogP) is 4.70. The molecule has 32 heavy (non-hydrogen) atoms. The van der Waals surface area contributed by atoms with Crippen LogP contribution in [0.15, 0.2) is 58.5 Å². The summed E-state index contributed by atoms with van der Waals surface area (Å²) in [7, 11) is 0. The number of carbonyl (C=O) groups excluding carboxylic acids is 2. The molecule has 0 aliphatic carbocycles. The molecule has 0 aliphatic heterocycles. The molecule has 3 heterocycles. The molecule has 0 bridgehead atoms. The zero-order chi connectivity index (χ0) is 22.7. The minimum atomic E-state index is -0.305. The average molecular weight is 449 g/mol. The summed E-state index contributed by atoms with van der Waals surface area (Å²) < 4.78 is 7.09. The summed E-state index contributed by atoms with van der Waals surface area (Å²) in [6, 6.07) is 12.7. The largest absolute Gasteiger partial charge is 0.459 e. The number of nitrogens with one attached hydrogen (secondary N) is 2. The first-order chi connectivity index (χ1) is 15.4. The van der Waals surface area contributed by atoms with E-state index < -0.39 is 0 Å².